The molecule has 0 rings (SSSR count). The first-order valence-electron chi connectivity index (χ1n) is 14.9. The van der Waals surface area contributed by atoms with E-state index in [1.165, 1.54) is 96.3 Å². The molecular formula is C30H59NO3. The molecule has 1 amide bonds. The molecule has 2 atom stereocenters. The first kappa shape index (κ1) is 33.1. The summed E-state index contributed by atoms with van der Waals surface area (Å²) in [7, 11) is 0. The quantitative estimate of drug-likeness (QED) is 0.0865. The van der Waals surface area contributed by atoms with Crippen LogP contribution in [0.4, 0.5) is 0 Å². The van der Waals surface area contributed by atoms with Gasteiger partial charge in [-0.15, -0.1) is 0 Å². The lowest BCUT2D eigenvalue weighted by Gasteiger charge is -2.22. The Morgan fingerprint density at radius 2 is 1.18 bits per heavy atom. The van der Waals surface area contributed by atoms with Gasteiger partial charge >= 0.3 is 0 Å². The number of aliphatic hydroxyl groups excluding tert-OH is 2. The highest BCUT2D eigenvalue weighted by atomic mass is 16.3. The van der Waals surface area contributed by atoms with Crippen molar-refractivity contribution >= 4 is 5.91 Å². The molecule has 0 saturated carbocycles. The van der Waals surface area contributed by atoms with Gasteiger partial charge in [-0.2, -0.15) is 0 Å². The summed E-state index contributed by atoms with van der Waals surface area (Å²) in [5, 5.41) is 22.8. The normalized spacial score (nSPS) is 13.4. The van der Waals surface area contributed by atoms with Gasteiger partial charge in [-0.25, -0.2) is 0 Å². The van der Waals surface area contributed by atoms with E-state index in [9.17, 15) is 15.0 Å². The second-order valence-electron chi connectivity index (χ2n) is 10.2. The molecule has 0 bridgehead atoms. The Hall–Kier alpha value is -0.870. The minimum atomic E-state index is -0.655. The highest BCUT2D eigenvalue weighted by molar-refractivity contribution is 5.76. The average molecular weight is 482 g/mol. The highest BCUT2D eigenvalue weighted by Crippen LogP contribution is 2.14. The Balaban J connectivity index is 3.62. The van der Waals surface area contributed by atoms with Gasteiger partial charge in [0, 0.05) is 6.42 Å². The van der Waals surface area contributed by atoms with Gasteiger partial charge in [0.05, 0.1) is 18.8 Å². The summed E-state index contributed by atoms with van der Waals surface area (Å²) in [6.45, 7) is 4.26. The molecule has 0 heterocycles. The lowest BCUT2D eigenvalue weighted by molar-refractivity contribution is -0.123. The van der Waals surface area contributed by atoms with Crippen LogP contribution in [0.1, 0.15) is 155 Å². The number of aliphatic hydroxyl groups is 2. The third-order valence-corrected chi connectivity index (χ3v) is 6.76. The molecule has 0 aliphatic heterocycles. The molecule has 0 aromatic rings. The number of hydrogen-bond donors (Lipinski definition) is 3. The fourth-order valence-electron chi connectivity index (χ4n) is 4.42. The standard InChI is InChI=1S/C30H59NO3/c1-3-5-7-9-11-13-15-16-17-19-21-23-25-29(33)28(27-32)31-30(34)26-24-22-20-18-14-12-10-8-6-4-2/h8,10,28-29,32-33H,3-7,9,11-27H2,1-2H3,(H,31,34)/b10-8-. The van der Waals surface area contributed by atoms with Crippen LogP contribution in [0.5, 0.6) is 0 Å². The van der Waals surface area contributed by atoms with E-state index in [4.69, 9.17) is 0 Å². The lowest BCUT2D eigenvalue weighted by Crippen LogP contribution is -2.45. The highest BCUT2D eigenvalue weighted by Gasteiger charge is 2.19. The van der Waals surface area contributed by atoms with E-state index in [0.29, 0.717) is 12.8 Å². The van der Waals surface area contributed by atoms with Crippen LogP contribution in [0.2, 0.25) is 0 Å². The van der Waals surface area contributed by atoms with Crippen molar-refractivity contribution in [2.24, 2.45) is 0 Å². The van der Waals surface area contributed by atoms with Gasteiger partial charge in [-0.1, -0.05) is 129 Å². The predicted octanol–water partition coefficient (Wildman–Crippen LogP) is 8.00. The van der Waals surface area contributed by atoms with E-state index in [1.54, 1.807) is 0 Å². The SMILES string of the molecule is CCC/C=C\CCCCCCCC(=O)NC(CO)C(O)CCCCCCCCCCCCCC. The predicted molar refractivity (Wildman–Crippen MR) is 147 cm³/mol. The van der Waals surface area contributed by atoms with Gasteiger partial charge in [-0.3, -0.25) is 4.79 Å². The summed E-state index contributed by atoms with van der Waals surface area (Å²) >= 11 is 0. The molecule has 0 aliphatic rings. The third-order valence-electron chi connectivity index (χ3n) is 6.76. The Morgan fingerprint density at radius 3 is 1.74 bits per heavy atom. The van der Waals surface area contributed by atoms with Crippen molar-refractivity contribution in [1.29, 1.82) is 0 Å². The van der Waals surface area contributed by atoms with Gasteiger partial charge in [0.25, 0.3) is 0 Å². The number of allylic oxidation sites excluding steroid dienone is 2. The molecule has 0 aromatic heterocycles. The maximum atomic E-state index is 12.2. The first-order valence-corrected chi connectivity index (χ1v) is 14.9. The number of carbonyl (C=O) groups is 1. The summed E-state index contributed by atoms with van der Waals surface area (Å²) in [6.07, 6.45) is 29.6. The van der Waals surface area contributed by atoms with Crippen molar-refractivity contribution in [3.63, 3.8) is 0 Å². The fourth-order valence-corrected chi connectivity index (χ4v) is 4.42. The van der Waals surface area contributed by atoms with Crippen LogP contribution in [0.25, 0.3) is 0 Å². The monoisotopic (exact) mass is 481 g/mol. The molecule has 0 radical (unpaired) electrons. The molecule has 0 aromatic carbocycles. The molecule has 0 saturated heterocycles. The summed E-state index contributed by atoms with van der Waals surface area (Å²) in [5.74, 6) is -0.0460. The summed E-state index contributed by atoms with van der Waals surface area (Å²) in [5.41, 5.74) is 0. The molecule has 0 fully saturated rings. The van der Waals surface area contributed by atoms with Crippen LogP contribution >= 0.6 is 0 Å². The van der Waals surface area contributed by atoms with Crippen LogP contribution in [0, 0.1) is 0 Å². The molecule has 0 spiro atoms. The number of unbranched alkanes of at least 4 members (excludes halogenated alkanes) is 17. The fraction of sp³-hybridized carbons (Fsp3) is 0.900. The smallest absolute Gasteiger partial charge is 0.220 e. The maximum Gasteiger partial charge on any atom is 0.220 e. The largest absolute Gasteiger partial charge is 0.394 e. The zero-order chi connectivity index (χ0) is 25.1. The van der Waals surface area contributed by atoms with E-state index in [0.717, 1.165) is 32.1 Å². The second-order valence-corrected chi connectivity index (χ2v) is 10.2. The second kappa shape index (κ2) is 26.7. The van der Waals surface area contributed by atoms with Crippen molar-refractivity contribution in [3.8, 4) is 0 Å². The molecule has 4 heteroatoms. The first-order chi connectivity index (χ1) is 16.7. The zero-order valence-corrected chi connectivity index (χ0v) is 22.9. The number of hydrogen-bond acceptors (Lipinski definition) is 3. The minimum Gasteiger partial charge on any atom is -0.394 e. The van der Waals surface area contributed by atoms with Crippen LogP contribution in [0.15, 0.2) is 12.2 Å². The van der Waals surface area contributed by atoms with Gasteiger partial charge in [0.1, 0.15) is 0 Å². The lowest BCUT2D eigenvalue weighted by atomic mass is 10.0. The Morgan fingerprint density at radius 1 is 0.676 bits per heavy atom. The van der Waals surface area contributed by atoms with Gasteiger partial charge in [0.15, 0.2) is 0 Å². The van der Waals surface area contributed by atoms with Gasteiger partial charge in [-0.05, 0) is 32.1 Å². The summed E-state index contributed by atoms with van der Waals surface area (Å²) in [4.78, 5) is 12.2. The number of amides is 1. The molecule has 0 aliphatic carbocycles. The van der Waals surface area contributed by atoms with E-state index in [2.05, 4.69) is 31.3 Å². The Bertz CT molecular complexity index is 452. The van der Waals surface area contributed by atoms with E-state index in [1.807, 2.05) is 0 Å². The van der Waals surface area contributed by atoms with E-state index < -0.39 is 12.1 Å². The molecule has 2 unspecified atom stereocenters. The maximum absolute atomic E-state index is 12.2. The van der Waals surface area contributed by atoms with Crippen molar-refractivity contribution in [3.05, 3.63) is 12.2 Å². The molecule has 4 nitrogen and oxygen atoms in total. The van der Waals surface area contributed by atoms with Crippen LogP contribution in [-0.4, -0.2) is 34.9 Å². The molecule has 34 heavy (non-hydrogen) atoms. The van der Waals surface area contributed by atoms with Crippen LogP contribution in [-0.2, 0) is 4.79 Å². The van der Waals surface area contributed by atoms with Crippen molar-refractivity contribution in [2.45, 2.75) is 167 Å². The Labute approximate surface area is 212 Å². The summed E-state index contributed by atoms with van der Waals surface area (Å²) < 4.78 is 0. The van der Waals surface area contributed by atoms with Crippen LogP contribution in [0.3, 0.4) is 0 Å². The Kier molecular flexibility index (Phi) is 26.0. The van der Waals surface area contributed by atoms with Gasteiger partial charge in [0.2, 0.25) is 5.91 Å². The number of nitrogens with one attached hydrogen (secondary N) is 1. The molecule has 202 valence electrons. The topological polar surface area (TPSA) is 69.6 Å². The molecular weight excluding hydrogens is 422 g/mol. The van der Waals surface area contributed by atoms with E-state index in [-0.39, 0.29) is 12.5 Å². The van der Waals surface area contributed by atoms with Crippen molar-refractivity contribution in [2.75, 3.05) is 6.61 Å². The van der Waals surface area contributed by atoms with Crippen molar-refractivity contribution in [1.82, 2.24) is 5.32 Å². The third kappa shape index (κ3) is 22.9. The van der Waals surface area contributed by atoms with Crippen LogP contribution < -0.4 is 5.32 Å². The van der Waals surface area contributed by atoms with Gasteiger partial charge < -0.3 is 15.5 Å². The number of carbonyl (C=O) groups excluding carboxylic acids is 1. The molecule has 3 N–H and O–H groups in total. The zero-order valence-electron chi connectivity index (χ0n) is 22.9. The summed E-state index contributed by atoms with van der Waals surface area (Å²) in [6, 6.07) is -0.532. The van der Waals surface area contributed by atoms with E-state index >= 15 is 0 Å². The number of rotatable bonds is 26. The average Bonchev–Trinajstić information content (AvgIpc) is 2.84. The minimum absolute atomic E-state index is 0.0460. The van der Waals surface area contributed by atoms with Crippen molar-refractivity contribution < 1.29 is 15.0 Å².